The first-order valence-electron chi connectivity index (χ1n) is 19.4. The van der Waals surface area contributed by atoms with Crippen LogP contribution in [0.15, 0.2) is 84.9 Å². The first-order valence-corrected chi connectivity index (χ1v) is 20.2. The van der Waals surface area contributed by atoms with Crippen molar-refractivity contribution in [2.45, 2.75) is 49.6 Å². The van der Waals surface area contributed by atoms with E-state index >= 15 is 0 Å². The van der Waals surface area contributed by atoms with Gasteiger partial charge in [0.25, 0.3) is 0 Å². The molecule has 4 aromatic rings. The molecule has 0 aromatic heterocycles. The molecule has 0 unspecified atom stereocenters. The molecule has 6 fully saturated rings. The van der Waals surface area contributed by atoms with Crippen LogP contribution in [0.3, 0.4) is 0 Å². The summed E-state index contributed by atoms with van der Waals surface area (Å²) in [5, 5.41) is 13.4. The Kier molecular flexibility index (Phi) is 10.2. The van der Waals surface area contributed by atoms with Crippen molar-refractivity contribution in [3.05, 3.63) is 129 Å². The fraction of sp³-hybridized carbons (Fsp3) is 0.409. The van der Waals surface area contributed by atoms with Crippen molar-refractivity contribution >= 4 is 46.5 Å². The minimum atomic E-state index is -4.47. The second-order valence-electron chi connectivity index (χ2n) is 16.5. The highest BCUT2D eigenvalue weighted by molar-refractivity contribution is 6.31. The number of carboxylic acids is 1. The van der Waals surface area contributed by atoms with Gasteiger partial charge in [-0.05, 0) is 104 Å². The number of halogens is 7. The summed E-state index contributed by atoms with van der Waals surface area (Å²) >= 11 is 11.9. The predicted octanol–water partition coefficient (Wildman–Crippen LogP) is 8.88. The SMILES string of the molecule is Cc1ccc(Cl)cc1N1CCNCC1.O=C(N1CCN(c2cc(Cl)ccc2C(F)(F)F)CC1)C12CC1(c1ccc(F)cc1)C2.O=C(O)C12CC1(c1ccc(F)cc1)C2. The normalized spacial score (nSPS) is 27.5. The maximum absolute atomic E-state index is 13.4. The van der Waals surface area contributed by atoms with Crippen LogP contribution in [0, 0.1) is 29.4 Å². The molecular weight excluding hydrogens is 798 g/mol. The molecule has 0 atom stereocenters. The first-order chi connectivity index (χ1) is 27.5. The van der Waals surface area contributed by atoms with Crippen LogP contribution in [0.1, 0.15) is 47.9 Å². The van der Waals surface area contributed by atoms with E-state index in [2.05, 4.69) is 29.3 Å². The van der Waals surface area contributed by atoms with Crippen LogP contribution in [-0.2, 0) is 26.6 Å². The number of hydrogen-bond acceptors (Lipinski definition) is 5. The average molecular weight is 842 g/mol. The van der Waals surface area contributed by atoms with Gasteiger partial charge in [-0.3, -0.25) is 9.59 Å². The minimum Gasteiger partial charge on any atom is -0.481 e. The number of benzene rings is 4. The maximum atomic E-state index is 13.4. The first kappa shape index (κ1) is 40.4. The molecule has 2 heterocycles. The number of nitrogens with zero attached hydrogens (tertiary/aromatic N) is 3. The number of rotatable bonds is 6. The van der Waals surface area contributed by atoms with E-state index in [9.17, 15) is 31.5 Å². The quantitative estimate of drug-likeness (QED) is 0.189. The summed E-state index contributed by atoms with van der Waals surface area (Å²) in [4.78, 5) is 29.8. The molecule has 10 rings (SSSR count). The van der Waals surface area contributed by atoms with E-state index in [4.69, 9.17) is 28.3 Å². The second kappa shape index (κ2) is 14.7. The molecule has 0 bridgehead atoms. The summed E-state index contributed by atoms with van der Waals surface area (Å²) in [5.41, 5.74) is 2.66. The van der Waals surface area contributed by atoms with Crippen LogP contribution in [0.2, 0.25) is 10.0 Å². The minimum absolute atomic E-state index is 0.0544. The lowest BCUT2D eigenvalue weighted by molar-refractivity contribution is -0.141. The van der Waals surface area contributed by atoms with E-state index < -0.39 is 28.5 Å². The van der Waals surface area contributed by atoms with Crippen molar-refractivity contribution in [3.8, 4) is 0 Å². The summed E-state index contributed by atoms with van der Waals surface area (Å²) in [6, 6.07) is 22.2. The second-order valence-corrected chi connectivity index (χ2v) is 17.3. The van der Waals surface area contributed by atoms with Gasteiger partial charge in [0.05, 0.1) is 22.1 Å². The van der Waals surface area contributed by atoms with Crippen molar-refractivity contribution in [1.29, 1.82) is 0 Å². The third kappa shape index (κ3) is 7.19. The zero-order valence-electron chi connectivity index (χ0n) is 31.8. The smallest absolute Gasteiger partial charge is 0.418 e. The van der Waals surface area contributed by atoms with Gasteiger partial charge in [0.1, 0.15) is 11.6 Å². The molecule has 4 aliphatic carbocycles. The molecule has 6 aliphatic rings. The number of fused-ring (bicyclic) bond motifs is 2. The van der Waals surface area contributed by atoms with Crippen molar-refractivity contribution in [2.75, 3.05) is 62.2 Å². The third-order valence-corrected chi connectivity index (χ3v) is 13.6. The number of carboxylic acid groups (broad SMARTS) is 1. The van der Waals surface area contributed by atoms with Gasteiger partial charge in [0.15, 0.2) is 0 Å². The topological polar surface area (TPSA) is 76.1 Å². The van der Waals surface area contributed by atoms with E-state index in [1.807, 2.05) is 6.07 Å². The highest BCUT2D eigenvalue weighted by atomic mass is 35.5. The molecule has 4 saturated carbocycles. The van der Waals surface area contributed by atoms with Crippen molar-refractivity contribution in [3.63, 3.8) is 0 Å². The lowest BCUT2D eigenvalue weighted by Crippen LogP contribution is -2.50. The maximum Gasteiger partial charge on any atom is 0.418 e. The van der Waals surface area contributed by atoms with Crippen LogP contribution in [0.5, 0.6) is 0 Å². The fourth-order valence-corrected chi connectivity index (χ4v) is 9.61. The Morgan fingerprint density at radius 2 is 1.12 bits per heavy atom. The van der Waals surface area contributed by atoms with E-state index in [0.717, 1.165) is 74.1 Å². The van der Waals surface area contributed by atoms with Gasteiger partial charge in [-0.15, -0.1) is 0 Å². The molecule has 7 nitrogen and oxygen atoms in total. The van der Waals surface area contributed by atoms with Gasteiger partial charge in [-0.25, -0.2) is 8.78 Å². The summed E-state index contributed by atoms with van der Waals surface area (Å²) in [6.45, 7) is 7.76. The van der Waals surface area contributed by atoms with E-state index in [0.29, 0.717) is 26.2 Å². The Morgan fingerprint density at radius 3 is 1.62 bits per heavy atom. The van der Waals surface area contributed by atoms with Crippen molar-refractivity contribution in [1.82, 2.24) is 10.2 Å². The summed E-state index contributed by atoms with van der Waals surface area (Å²) in [7, 11) is 0. The van der Waals surface area contributed by atoms with Gasteiger partial charge in [0.2, 0.25) is 5.91 Å². The molecule has 0 radical (unpaired) electrons. The molecular formula is C44H43Cl2F5N4O3. The molecule has 4 aromatic carbocycles. The lowest BCUT2D eigenvalue weighted by Gasteiger charge is -2.37. The van der Waals surface area contributed by atoms with Crippen molar-refractivity contribution in [2.24, 2.45) is 10.8 Å². The Hall–Kier alpha value is -4.39. The lowest BCUT2D eigenvalue weighted by atomic mass is 10.0. The zero-order chi connectivity index (χ0) is 41.3. The van der Waals surface area contributed by atoms with Gasteiger partial charge in [-0.2, -0.15) is 13.2 Å². The zero-order valence-corrected chi connectivity index (χ0v) is 33.3. The third-order valence-electron chi connectivity index (χ3n) is 13.2. The number of hydrogen-bond donors (Lipinski definition) is 2. The molecule has 0 spiro atoms. The van der Waals surface area contributed by atoms with Crippen LogP contribution < -0.4 is 15.1 Å². The van der Waals surface area contributed by atoms with Crippen LogP contribution in [0.4, 0.5) is 33.3 Å². The highest BCUT2D eigenvalue weighted by Crippen LogP contribution is 2.87. The number of anilines is 2. The van der Waals surface area contributed by atoms with Gasteiger partial charge < -0.3 is 25.1 Å². The number of aliphatic carboxylic acids is 1. The summed E-state index contributed by atoms with van der Waals surface area (Å²) < 4.78 is 66.0. The Labute approximate surface area is 343 Å². The van der Waals surface area contributed by atoms with Crippen LogP contribution in [0.25, 0.3) is 0 Å². The molecule has 2 saturated heterocycles. The van der Waals surface area contributed by atoms with Crippen LogP contribution in [-0.4, -0.2) is 74.2 Å². The van der Waals surface area contributed by atoms with E-state index in [-0.39, 0.29) is 39.1 Å². The number of amides is 1. The van der Waals surface area contributed by atoms with Crippen LogP contribution >= 0.6 is 23.2 Å². The highest BCUT2D eigenvalue weighted by Gasteiger charge is 2.88. The molecule has 306 valence electrons. The number of aryl methyl sites for hydroxylation is 1. The number of carbonyl (C=O) groups excluding carboxylic acids is 1. The van der Waals surface area contributed by atoms with E-state index in [1.165, 1.54) is 47.6 Å². The number of carbonyl (C=O) groups is 2. The molecule has 1 amide bonds. The number of nitrogens with one attached hydrogen (secondary N) is 1. The molecule has 58 heavy (non-hydrogen) atoms. The standard InChI is InChI=1S/C22H19ClF4N2O.C11H15ClN2.C11H9FO2/c23-15-3-6-17(22(25,26)27)18(11-15)28-7-9-29(10-8-28)19(30)21-12-20(21,13-21)14-1-4-16(24)5-2-14;1-9-2-3-10(12)8-11(9)14-6-4-13-5-7-14;12-8-3-1-7(2-4-8)10-5-11(10,6-10)9(13)14/h1-6,11H,7-10,12-13H2;2-3,8,13H,4-7H2,1H3;1-4H,5-6H2,(H,13,14). The van der Waals surface area contributed by atoms with Gasteiger partial charge in [-0.1, -0.05) is 53.5 Å². The van der Waals surface area contributed by atoms with Gasteiger partial charge in [0, 0.05) is 78.9 Å². The summed E-state index contributed by atoms with van der Waals surface area (Å²) in [6.07, 6.45) is -1.50. The van der Waals surface area contributed by atoms with Gasteiger partial charge >= 0.3 is 12.1 Å². The predicted molar refractivity (Wildman–Crippen MR) is 214 cm³/mol. The molecule has 2 aliphatic heterocycles. The van der Waals surface area contributed by atoms with E-state index in [1.54, 1.807) is 34.1 Å². The molecule has 14 heteroatoms. The summed E-state index contributed by atoms with van der Waals surface area (Å²) in [5.74, 6) is -1.22. The number of piperazine rings is 2. The largest absolute Gasteiger partial charge is 0.481 e. The number of alkyl halides is 3. The molecule has 2 N–H and O–H groups in total. The van der Waals surface area contributed by atoms with Crippen molar-refractivity contribution < 1.29 is 36.6 Å². The fourth-order valence-electron chi connectivity index (χ4n) is 9.28. The monoisotopic (exact) mass is 840 g/mol. The Bertz CT molecular complexity index is 2210. The average Bonchev–Trinajstić information content (AvgIpc) is 4.11. The Balaban J connectivity index is 0.000000139. The Morgan fingerprint density at radius 1 is 0.655 bits per heavy atom.